The van der Waals surface area contributed by atoms with Crippen molar-refractivity contribution in [2.45, 2.75) is 26.3 Å². The van der Waals surface area contributed by atoms with Crippen molar-refractivity contribution in [3.63, 3.8) is 0 Å². The van der Waals surface area contributed by atoms with Gasteiger partial charge in [-0.1, -0.05) is 24.9 Å². The normalized spacial score (nSPS) is 10.8. The van der Waals surface area contributed by atoms with Gasteiger partial charge in [-0.05, 0) is 42.8 Å². The van der Waals surface area contributed by atoms with Crippen LogP contribution in [0.25, 0.3) is 17.3 Å². The Labute approximate surface area is 155 Å². The Morgan fingerprint density at radius 1 is 1.27 bits per heavy atom. The number of furan rings is 1. The van der Waals surface area contributed by atoms with Crippen molar-refractivity contribution < 1.29 is 9.21 Å². The fourth-order valence-electron chi connectivity index (χ4n) is 2.48. The number of carbonyl (C=O) groups is 1. The zero-order valence-corrected chi connectivity index (χ0v) is 15.1. The standard InChI is InChI=1S/C18H19ClN4O3/c1-2-3-10-20-16(24)12-22-17(15-5-4-11-26-15)21-23(18(22)25)14-8-6-13(19)7-9-14/h4-9,11H,2-3,10,12H2,1H3,(H,20,24). The van der Waals surface area contributed by atoms with Crippen molar-refractivity contribution in [3.8, 4) is 17.3 Å². The van der Waals surface area contributed by atoms with Gasteiger partial charge in [-0.3, -0.25) is 9.36 Å². The van der Waals surface area contributed by atoms with Gasteiger partial charge in [0.1, 0.15) is 6.54 Å². The molecule has 0 saturated heterocycles. The van der Waals surface area contributed by atoms with E-state index in [4.69, 9.17) is 16.0 Å². The first kappa shape index (κ1) is 18.0. The van der Waals surface area contributed by atoms with E-state index < -0.39 is 5.69 Å². The molecule has 3 aromatic rings. The molecule has 0 spiro atoms. The number of rotatable bonds is 7. The number of halogens is 1. The number of amides is 1. The van der Waals surface area contributed by atoms with Gasteiger partial charge >= 0.3 is 5.69 Å². The van der Waals surface area contributed by atoms with E-state index in [1.807, 2.05) is 6.92 Å². The summed E-state index contributed by atoms with van der Waals surface area (Å²) in [6.45, 7) is 2.49. The van der Waals surface area contributed by atoms with Crippen molar-refractivity contribution in [2.75, 3.05) is 6.54 Å². The molecule has 1 aromatic carbocycles. The maximum Gasteiger partial charge on any atom is 0.351 e. The van der Waals surface area contributed by atoms with Gasteiger partial charge in [-0.2, -0.15) is 4.68 Å². The lowest BCUT2D eigenvalue weighted by Gasteiger charge is -2.05. The second kappa shape index (κ2) is 8.05. The van der Waals surface area contributed by atoms with E-state index in [2.05, 4.69) is 10.4 Å². The Kier molecular flexibility index (Phi) is 5.58. The molecule has 0 saturated carbocycles. The summed E-state index contributed by atoms with van der Waals surface area (Å²) < 4.78 is 7.91. The molecule has 0 radical (unpaired) electrons. The number of hydrogen-bond acceptors (Lipinski definition) is 4. The minimum atomic E-state index is -0.427. The molecule has 1 N–H and O–H groups in total. The van der Waals surface area contributed by atoms with E-state index in [0.29, 0.717) is 28.8 Å². The Morgan fingerprint density at radius 3 is 2.69 bits per heavy atom. The SMILES string of the molecule is CCCCNC(=O)Cn1c(-c2ccco2)nn(-c2ccc(Cl)cc2)c1=O. The number of unbranched alkanes of at least 4 members (excludes halogenated alkanes) is 1. The number of aromatic nitrogens is 3. The van der Waals surface area contributed by atoms with Crippen LogP contribution in [0.4, 0.5) is 0 Å². The summed E-state index contributed by atoms with van der Waals surface area (Å²) in [5.74, 6) is 0.459. The van der Waals surface area contributed by atoms with Gasteiger partial charge in [0.25, 0.3) is 0 Å². The molecular formula is C18H19ClN4O3. The van der Waals surface area contributed by atoms with Gasteiger partial charge in [-0.25, -0.2) is 4.79 Å². The summed E-state index contributed by atoms with van der Waals surface area (Å²) in [6.07, 6.45) is 3.36. The van der Waals surface area contributed by atoms with Crippen LogP contribution in [0.5, 0.6) is 0 Å². The molecule has 2 heterocycles. The van der Waals surface area contributed by atoms with E-state index in [1.54, 1.807) is 36.4 Å². The van der Waals surface area contributed by atoms with Gasteiger partial charge in [0.2, 0.25) is 11.7 Å². The monoisotopic (exact) mass is 374 g/mol. The van der Waals surface area contributed by atoms with E-state index in [0.717, 1.165) is 12.8 Å². The van der Waals surface area contributed by atoms with Gasteiger partial charge in [0, 0.05) is 11.6 Å². The molecule has 1 amide bonds. The lowest BCUT2D eigenvalue weighted by Crippen LogP contribution is -2.33. The highest BCUT2D eigenvalue weighted by atomic mass is 35.5. The van der Waals surface area contributed by atoms with E-state index in [1.165, 1.54) is 15.5 Å². The number of nitrogens with one attached hydrogen (secondary N) is 1. The van der Waals surface area contributed by atoms with Gasteiger partial charge < -0.3 is 9.73 Å². The first-order valence-corrected chi connectivity index (χ1v) is 8.74. The Morgan fingerprint density at radius 2 is 2.04 bits per heavy atom. The van der Waals surface area contributed by atoms with Gasteiger partial charge in [0.05, 0.1) is 12.0 Å². The van der Waals surface area contributed by atoms with Gasteiger partial charge in [-0.15, -0.1) is 5.10 Å². The summed E-state index contributed by atoms with van der Waals surface area (Å²) in [4.78, 5) is 25.0. The summed E-state index contributed by atoms with van der Waals surface area (Å²) in [5, 5.41) is 7.71. The van der Waals surface area contributed by atoms with Crippen LogP contribution < -0.4 is 11.0 Å². The number of hydrogen-bond donors (Lipinski definition) is 1. The minimum Gasteiger partial charge on any atom is -0.461 e. The van der Waals surface area contributed by atoms with Gasteiger partial charge in [0.15, 0.2) is 5.76 Å². The molecule has 0 unspecified atom stereocenters. The molecule has 26 heavy (non-hydrogen) atoms. The van der Waals surface area contributed by atoms with E-state index in [-0.39, 0.29) is 12.5 Å². The average Bonchev–Trinajstić information content (AvgIpc) is 3.26. The number of nitrogens with zero attached hydrogens (tertiary/aromatic N) is 3. The highest BCUT2D eigenvalue weighted by Crippen LogP contribution is 2.18. The molecule has 0 aliphatic carbocycles. The second-order valence-electron chi connectivity index (χ2n) is 5.76. The first-order valence-electron chi connectivity index (χ1n) is 8.36. The van der Waals surface area contributed by atoms with Crippen molar-refractivity contribution in [1.82, 2.24) is 19.7 Å². The molecule has 7 nitrogen and oxygen atoms in total. The molecule has 136 valence electrons. The first-order chi connectivity index (χ1) is 12.6. The molecule has 2 aromatic heterocycles. The molecule has 0 aliphatic heterocycles. The quantitative estimate of drug-likeness (QED) is 0.645. The third kappa shape index (κ3) is 3.88. The summed E-state index contributed by atoms with van der Waals surface area (Å²) in [6, 6.07) is 10.1. The highest BCUT2D eigenvalue weighted by molar-refractivity contribution is 6.30. The fourth-order valence-corrected chi connectivity index (χ4v) is 2.61. The van der Waals surface area contributed by atoms with Crippen LogP contribution >= 0.6 is 11.6 Å². The van der Waals surface area contributed by atoms with Crippen molar-refractivity contribution >= 4 is 17.5 Å². The fraction of sp³-hybridized carbons (Fsp3) is 0.278. The zero-order valence-electron chi connectivity index (χ0n) is 14.3. The topological polar surface area (TPSA) is 82.1 Å². The summed E-state index contributed by atoms with van der Waals surface area (Å²) >= 11 is 5.90. The van der Waals surface area contributed by atoms with Crippen LogP contribution in [-0.4, -0.2) is 26.8 Å². The Hall–Kier alpha value is -2.80. The predicted molar refractivity (Wildman–Crippen MR) is 98.5 cm³/mol. The van der Waals surface area contributed by atoms with Crippen LogP contribution in [0.1, 0.15) is 19.8 Å². The van der Waals surface area contributed by atoms with Crippen molar-refractivity contribution in [3.05, 3.63) is 58.2 Å². The molecular weight excluding hydrogens is 356 g/mol. The molecule has 3 rings (SSSR count). The smallest absolute Gasteiger partial charge is 0.351 e. The van der Waals surface area contributed by atoms with Crippen molar-refractivity contribution in [2.24, 2.45) is 0 Å². The Balaban J connectivity index is 1.97. The summed E-state index contributed by atoms with van der Waals surface area (Å²) in [7, 11) is 0. The minimum absolute atomic E-state index is 0.133. The van der Waals surface area contributed by atoms with Crippen LogP contribution in [0.2, 0.25) is 5.02 Å². The van der Waals surface area contributed by atoms with E-state index in [9.17, 15) is 9.59 Å². The molecule has 0 fully saturated rings. The third-order valence-electron chi connectivity index (χ3n) is 3.83. The van der Waals surface area contributed by atoms with Crippen LogP contribution in [0.3, 0.4) is 0 Å². The van der Waals surface area contributed by atoms with Crippen molar-refractivity contribution in [1.29, 1.82) is 0 Å². The number of benzene rings is 1. The molecule has 8 heteroatoms. The largest absolute Gasteiger partial charge is 0.461 e. The lowest BCUT2D eigenvalue weighted by atomic mass is 10.3. The maximum atomic E-state index is 12.8. The molecule has 0 aliphatic rings. The zero-order chi connectivity index (χ0) is 18.5. The maximum absolute atomic E-state index is 12.8. The summed E-state index contributed by atoms with van der Waals surface area (Å²) in [5.41, 5.74) is 0.127. The molecule has 0 bridgehead atoms. The van der Waals surface area contributed by atoms with Crippen LogP contribution in [0, 0.1) is 0 Å². The molecule has 0 atom stereocenters. The van der Waals surface area contributed by atoms with E-state index >= 15 is 0 Å². The van der Waals surface area contributed by atoms with Crippen LogP contribution in [-0.2, 0) is 11.3 Å². The number of carbonyl (C=O) groups excluding carboxylic acids is 1. The van der Waals surface area contributed by atoms with Crippen LogP contribution in [0.15, 0.2) is 51.9 Å². The predicted octanol–water partition coefficient (Wildman–Crippen LogP) is 2.86. The average molecular weight is 375 g/mol. The lowest BCUT2D eigenvalue weighted by molar-refractivity contribution is -0.121. The Bertz CT molecular complexity index is 927. The second-order valence-corrected chi connectivity index (χ2v) is 6.20. The third-order valence-corrected chi connectivity index (χ3v) is 4.08. The highest BCUT2D eigenvalue weighted by Gasteiger charge is 2.20.